The highest BCUT2D eigenvalue weighted by molar-refractivity contribution is 7.13. The van der Waals surface area contributed by atoms with Crippen LogP contribution < -0.4 is 0 Å². The summed E-state index contributed by atoms with van der Waals surface area (Å²) < 4.78 is 5.25. The molecule has 0 atom stereocenters. The van der Waals surface area contributed by atoms with Crippen LogP contribution in [-0.2, 0) is 0 Å². The molecule has 0 aromatic carbocycles. The fraction of sp³-hybridized carbons (Fsp3) is 0. The molecule has 0 bridgehead atoms. The van der Waals surface area contributed by atoms with E-state index >= 15 is 0 Å². The fourth-order valence-corrected chi connectivity index (χ4v) is 1.98. The van der Waals surface area contributed by atoms with Crippen LogP contribution >= 0.6 is 11.3 Å². The molecule has 15 heavy (non-hydrogen) atoms. The normalized spacial score (nSPS) is 10.7. The zero-order valence-electron chi connectivity index (χ0n) is 7.54. The summed E-state index contributed by atoms with van der Waals surface area (Å²) in [5.74, 6) is 1.44. The van der Waals surface area contributed by atoms with E-state index in [2.05, 4.69) is 20.2 Å². The van der Waals surface area contributed by atoms with Crippen molar-refractivity contribution < 1.29 is 4.42 Å². The second-order valence-corrected chi connectivity index (χ2v) is 3.71. The van der Waals surface area contributed by atoms with Gasteiger partial charge in [-0.2, -0.15) is 5.10 Å². The summed E-state index contributed by atoms with van der Waals surface area (Å²) in [6, 6.07) is 3.71. The standard InChI is InChI=1S/C9H6N4OS/c1-2-7(14-3-1)6-4-15-9(12-6)8-10-5-11-13-8/h1-5H,(H,10,11,13). The molecule has 5 nitrogen and oxygen atoms in total. The van der Waals surface area contributed by atoms with Crippen LogP contribution in [0.1, 0.15) is 0 Å². The first-order chi connectivity index (χ1) is 7.43. The molecule has 0 saturated carbocycles. The zero-order chi connectivity index (χ0) is 10.1. The molecule has 1 N–H and O–H groups in total. The molecule has 3 heterocycles. The molecule has 3 aromatic heterocycles. The Morgan fingerprint density at radius 2 is 2.40 bits per heavy atom. The van der Waals surface area contributed by atoms with Crippen molar-refractivity contribution in [3.8, 4) is 22.3 Å². The maximum Gasteiger partial charge on any atom is 0.184 e. The number of hydrogen-bond donors (Lipinski definition) is 1. The van der Waals surface area contributed by atoms with E-state index < -0.39 is 0 Å². The Hall–Kier alpha value is -1.95. The van der Waals surface area contributed by atoms with Crippen molar-refractivity contribution in [2.45, 2.75) is 0 Å². The van der Waals surface area contributed by atoms with Crippen molar-refractivity contribution in [1.82, 2.24) is 20.2 Å². The van der Waals surface area contributed by atoms with E-state index in [1.807, 2.05) is 17.5 Å². The van der Waals surface area contributed by atoms with Gasteiger partial charge in [0.05, 0.1) is 6.26 Å². The predicted molar refractivity (Wildman–Crippen MR) is 55.2 cm³/mol. The van der Waals surface area contributed by atoms with Gasteiger partial charge in [0.25, 0.3) is 0 Å². The molecule has 0 aliphatic rings. The van der Waals surface area contributed by atoms with Gasteiger partial charge in [-0.1, -0.05) is 0 Å². The van der Waals surface area contributed by atoms with Crippen LogP contribution in [-0.4, -0.2) is 20.2 Å². The summed E-state index contributed by atoms with van der Waals surface area (Å²) in [6.07, 6.45) is 3.09. The third-order valence-electron chi connectivity index (χ3n) is 1.90. The van der Waals surface area contributed by atoms with Gasteiger partial charge in [0.2, 0.25) is 0 Å². The maximum atomic E-state index is 5.25. The van der Waals surface area contributed by atoms with Gasteiger partial charge in [-0.05, 0) is 12.1 Å². The van der Waals surface area contributed by atoms with Gasteiger partial charge in [0.15, 0.2) is 16.6 Å². The van der Waals surface area contributed by atoms with Crippen LogP contribution in [0.15, 0.2) is 34.5 Å². The number of furan rings is 1. The first kappa shape index (κ1) is 8.37. The molecule has 0 saturated heterocycles. The first-order valence-corrected chi connectivity index (χ1v) is 5.16. The molecule has 74 valence electrons. The van der Waals surface area contributed by atoms with Gasteiger partial charge in [0, 0.05) is 5.38 Å². The Labute approximate surface area is 88.8 Å². The molecule has 3 rings (SSSR count). The number of aromatic amines is 1. The Morgan fingerprint density at radius 3 is 3.13 bits per heavy atom. The molecular formula is C9H6N4OS. The van der Waals surface area contributed by atoms with E-state index in [0.717, 1.165) is 16.5 Å². The lowest BCUT2D eigenvalue weighted by Crippen LogP contribution is -1.79. The number of aromatic nitrogens is 4. The second-order valence-electron chi connectivity index (χ2n) is 2.85. The summed E-state index contributed by atoms with van der Waals surface area (Å²) in [6.45, 7) is 0. The highest BCUT2D eigenvalue weighted by Crippen LogP contribution is 2.26. The highest BCUT2D eigenvalue weighted by atomic mass is 32.1. The van der Waals surface area contributed by atoms with Crippen molar-refractivity contribution in [2.24, 2.45) is 0 Å². The average Bonchev–Trinajstić information content (AvgIpc) is 3.02. The van der Waals surface area contributed by atoms with Crippen LogP contribution in [0.2, 0.25) is 0 Å². The Morgan fingerprint density at radius 1 is 1.40 bits per heavy atom. The van der Waals surface area contributed by atoms with E-state index in [4.69, 9.17) is 4.42 Å². The van der Waals surface area contributed by atoms with E-state index in [1.54, 1.807) is 6.26 Å². The zero-order valence-corrected chi connectivity index (χ0v) is 8.36. The van der Waals surface area contributed by atoms with Crippen molar-refractivity contribution in [2.75, 3.05) is 0 Å². The van der Waals surface area contributed by atoms with Gasteiger partial charge >= 0.3 is 0 Å². The number of nitrogens with zero attached hydrogens (tertiary/aromatic N) is 3. The molecule has 0 spiro atoms. The number of rotatable bonds is 2. The van der Waals surface area contributed by atoms with E-state index in [0.29, 0.717) is 5.82 Å². The summed E-state index contributed by atoms with van der Waals surface area (Å²) >= 11 is 1.50. The van der Waals surface area contributed by atoms with Crippen LogP contribution in [0.25, 0.3) is 22.3 Å². The van der Waals surface area contributed by atoms with E-state index in [1.165, 1.54) is 17.7 Å². The minimum Gasteiger partial charge on any atom is -0.463 e. The number of nitrogens with one attached hydrogen (secondary N) is 1. The lowest BCUT2D eigenvalue weighted by Gasteiger charge is -1.87. The highest BCUT2D eigenvalue weighted by Gasteiger charge is 2.09. The molecule has 0 aliphatic heterocycles. The second kappa shape index (κ2) is 3.32. The molecular weight excluding hydrogens is 212 g/mol. The molecule has 0 fully saturated rings. The summed E-state index contributed by atoms with van der Waals surface area (Å²) in [7, 11) is 0. The summed E-state index contributed by atoms with van der Waals surface area (Å²) in [4.78, 5) is 8.42. The van der Waals surface area contributed by atoms with Crippen molar-refractivity contribution in [1.29, 1.82) is 0 Å². The molecule has 6 heteroatoms. The molecule has 0 amide bonds. The van der Waals surface area contributed by atoms with E-state index in [-0.39, 0.29) is 0 Å². The smallest absolute Gasteiger partial charge is 0.184 e. The SMILES string of the molecule is c1coc(-c2csc(-c3ncn[nH]3)n2)c1. The lowest BCUT2D eigenvalue weighted by atomic mass is 10.4. The third-order valence-corrected chi connectivity index (χ3v) is 2.74. The minimum absolute atomic E-state index is 0.679. The van der Waals surface area contributed by atoms with E-state index in [9.17, 15) is 0 Å². The third kappa shape index (κ3) is 1.44. The van der Waals surface area contributed by atoms with Crippen LogP contribution in [0.3, 0.4) is 0 Å². The van der Waals surface area contributed by atoms with Gasteiger partial charge in [-0.3, -0.25) is 5.10 Å². The lowest BCUT2D eigenvalue weighted by molar-refractivity contribution is 0.580. The van der Waals surface area contributed by atoms with Gasteiger partial charge < -0.3 is 4.42 Å². The molecule has 0 unspecified atom stereocenters. The van der Waals surface area contributed by atoms with Crippen molar-refractivity contribution in [3.05, 3.63) is 30.1 Å². The minimum atomic E-state index is 0.679. The number of thiazole rings is 1. The number of hydrogen-bond acceptors (Lipinski definition) is 5. The quantitative estimate of drug-likeness (QED) is 0.715. The van der Waals surface area contributed by atoms with Crippen LogP contribution in [0.4, 0.5) is 0 Å². The van der Waals surface area contributed by atoms with Crippen molar-refractivity contribution >= 4 is 11.3 Å². The topological polar surface area (TPSA) is 67.6 Å². The Balaban J connectivity index is 2.02. The summed E-state index contributed by atoms with van der Waals surface area (Å²) in [5, 5.41) is 9.28. The van der Waals surface area contributed by atoms with Gasteiger partial charge in [0.1, 0.15) is 12.0 Å². The van der Waals surface area contributed by atoms with Gasteiger partial charge in [-0.15, -0.1) is 11.3 Å². The fourth-order valence-electron chi connectivity index (χ4n) is 1.23. The van der Waals surface area contributed by atoms with Gasteiger partial charge in [-0.25, -0.2) is 9.97 Å². The monoisotopic (exact) mass is 218 g/mol. The first-order valence-electron chi connectivity index (χ1n) is 4.28. The summed E-state index contributed by atoms with van der Waals surface area (Å²) in [5.41, 5.74) is 0.816. The molecule has 0 radical (unpaired) electrons. The predicted octanol–water partition coefficient (Wildman–Crippen LogP) is 2.19. The molecule has 3 aromatic rings. The Bertz CT molecular complexity index is 492. The Kier molecular flexibility index (Phi) is 1.85. The number of H-pyrrole nitrogens is 1. The largest absolute Gasteiger partial charge is 0.463 e. The maximum absolute atomic E-state index is 5.25. The average molecular weight is 218 g/mol. The van der Waals surface area contributed by atoms with Crippen LogP contribution in [0.5, 0.6) is 0 Å². The van der Waals surface area contributed by atoms with Crippen molar-refractivity contribution in [3.63, 3.8) is 0 Å². The van der Waals surface area contributed by atoms with Crippen LogP contribution in [0, 0.1) is 0 Å². The molecule has 0 aliphatic carbocycles.